The molecule has 0 aliphatic heterocycles. The Morgan fingerprint density at radius 2 is 2.07 bits per heavy atom. The summed E-state index contributed by atoms with van der Waals surface area (Å²) in [5, 5.41) is 8.94. The average Bonchev–Trinajstić information content (AvgIpc) is 1.96. The van der Waals surface area contributed by atoms with Gasteiger partial charge in [0.1, 0.15) is 5.15 Å². The van der Waals surface area contributed by atoms with Crippen molar-refractivity contribution in [2.24, 2.45) is 0 Å². The molecule has 0 spiro atoms. The van der Waals surface area contributed by atoms with Crippen LogP contribution in [0.15, 0.2) is 6.07 Å². The molecule has 1 aromatic rings. The summed E-state index contributed by atoms with van der Waals surface area (Å²) in [7, 11) is 0. The van der Waals surface area contributed by atoms with Crippen molar-refractivity contribution in [3.63, 3.8) is 0 Å². The number of hydrogen-bond donors (Lipinski definition) is 1. The molecule has 0 saturated heterocycles. The van der Waals surface area contributed by atoms with Gasteiger partial charge in [0.05, 0.1) is 3.57 Å². The molecule has 78 valence electrons. The molecule has 3 nitrogen and oxygen atoms in total. The van der Waals surface area contributed by atoms with Gasteiger partial charge >= 0.3 is 6.36 Å². The van der Waals surface area contributed by atoms with Crippen LogP contribution in [0.2, 0.25) is 5.15 Å². The lowest BCUT2D eigenvalue weighted by Crippen LogP contribution is -2.18. The van der Waals surface area contributed by atoms with Gasteiger partial charge in [0.15, 0.2) is 5.75 Å². The van der Waals surface area contributed by atoms with Crippen LogP contribution in [-0.2, 0) is 0 Å². The molecular weight excluding hydrogens is 337 g/mol. The molecule has 0 amide bonds. The first-order chi connectivity index (χ1) is 6.29. The van der Waals surface area contributed by atoms with Crippen LogP contribution >= 0.6 is 34.2 Å². The lowest BCUT2D eigenvalue weighted by atomic mass is 10.4. The Labute approximate surface area is 95.0 Å². The van der Waals surface area contributed by atoms with Crippen molar-refractivity contribution < 1.29 is 23.0 Å². The number of hydrogen-bond acceptors (Lipinski definition) is 3. The Morgan fingerprint density at radius 3 is 2.57 bits per heavy atom. The molecule has 0 aromatic carbocycles. The van der Waals surface area contributed by atoms with Gasteiger partial charge in [0, 0.05) is 0 Å². The van der Waals surface area contributed by atoms with Crippen molar-refractivity contribution in [1.29, 1.82) is 0 Å². The molecule has 0 unspecified atom stereocenters. The van der Waals surface area contributed by atoms with Gasteiger partial charge in [-0.25, -0.2) is 0 Å². The quantitative estimate of drug-likeness (QED) is 0.632. The van der Waals surface area contributed by atoms with E-state index in [2.05, 4.69) is 9.72 Å². The van der Waals surface area contributed by atoms with Crippen LogP contribution in [0.25, 0.3) is 0 Å². The van der Waals surface area contributed by atoms with Crippen molar-refractivity contribution in [3.8, 4) is 11.6 Å². The fourth-order valence-corrected chi connectivity index (χ4v) is 1.53. The van der Waals surface area contributed by atoms with Crippen molar-refractivity contribution in [3.05, 3.63) is 14.8 Å². The van der Waals surface area contributed by atoms with Crippen LogP contribution in [0.1, 0.15) is 0 Å². The minimum atomic E-state index is -4.90. The molecule has 0 radical (unpaired) electrons. The van der Waals surface area contributed by atoms with E-state index in [1.54, 1.807) is 22.6 Å². The molecule has 0 aliphatic rings. The van der Waals surface area contributed by atoms with Gasteiger partial charge in [-0.05, 0) is 28.7 Å². The van der Waals surface area contributed by atoms with E-state index in [4.69, 9.17) is 16.7 Å². The van der Waals surface area contributed by atoms with E-state index in [0.29, 0.717) is 0 Å². The summed E-state index contributed by atoms with van der Waals surface area (Å²) < 4.78 is 38.9. The Kier molecular flexibility index (Phi) is 3.30. The highest BCUT2D eigenvalue weighted by molar-refractivity contribution is 14.1. The highest BCUT2D eigenvalue weighted by Crippen LogP contribution is 2.34. The highest BCUT2D eigenvalue weighted by Gasteiger charge is 2.33. The molecule has 1 aromatic heterocycles. The maximum Gasteiger partial charge on any atom is 0.574 e. The SMILES string of the molecule is Oc1c(I)cc(Cl)nc1OC(F)(F)F. The van der Waals surface area contributed by atoms with Crippen LogP contribution in [-0.4, -0.2) is 16.5 Å². The first-order valence-corrected chi connectivity index (χ1v) is 4.56. The Hall–Kier alpha value is -0.440. The van der Waals surface area contributed by atoms with Crippen molar-refractivity contribution >= 4 is 34.2 Å². The first kappa shape index (κ1) is 11.6. The number of rotatable bonds is 1. The van der Waals surface area contributed by atoms with Gasteiger partial charge in [-0.2, -0.15) is 4.98 Å². The lowest BCUT2D eigenvalue weighted by molar-refractivity contribution is -0.276. The van der Waals surface area contributed by atoms with E-state index < -0.39 is 18.0 Å². The summed E-state index contributed by atoms with van der Waals surface area (Å²) in [6.07, 6.45) is -4.90. The minimum Gasteiger partial charge on any atom is -0.502 e. The van der Waals surface area contributed by atoms with E-state index in [1.807, 2.05) is 0 Å². The lowest BCUT2D eigenvalue weighted by Gasteiger charge is -2.09. The standard InChI is InChI=1S/C6H2ClF3INO2/c7-3-1-2(11)4(13)5(12-3)14-6(8,9)10/h1,13H. The van der Waals surface area contributed by atoms with Crippen molar-refractivity contribution in [2.45, 2.75) is 6.36 Å². The predicted molar refractivity (Wildman–Crippen MR) is 50.3 cm³/mol. The number of halogens is 5. The van der Waals surface area contributed by atoms with Gasteiger partial charge in [-0.1, -0.05) is 11.6 Å². The molecule has 1 heterocycles. The fourth-order valence-electron chi connectivity index (χ4n) is 0.638. The number of pyridine rings is 1. The van der Waals surface area contributed by atoms with Crippen LogP contribution < -0.4 is 4.74 Å². The maximum absolute atomic E-state index is 11.8. The molecule has 14 heavy (non-hydrogen) atoms. The zero-order valence-electron chi connectivity index (χ0n) is 6.27. The van der Waals surface area contributed by atoms with Gasteiger partial charge in [-0.3, -0.25) is 0 Å². The molecule has 1 N–H and O–H groups in total. The number of nitrogens with zero attached hydrogens (tertiary/aromatic N) is 1. The molecular formula is C6H2ClF3INO2. The monoisotopic (exact) mass is 339 g/mol. The second-order valence-electron chi connectivity index (χ2n) is 2.13. The Balaban J connectivity index is 3.09. The van der Waals surface area contributed by atoms with E-state index >= 15 is 0 Å². The van der Waals surface area contributed by atoms with Crippen LogP contribution in [0.4, 0.5) is 13.2 Å². The normalized spacial score (nSPS) is 11.5. The van der Waals surface area contributed by atoms with Crippen molar-refractivity contribution in [1.82, 2.24) is 4.98 Å². The average molecular weight is 339 g/mol. The summed E-state index contributed by atoms with van der Waals surface area (Å²) in [6.45, 7) is 0. The molecule has 0 atom stereocenters. The predicted octanol–water partition coefficient (Wildman–Crippen LogP) is 2.94. The second-order valence-corrected chi connectivity index (χ2v) is 3.68. The summed E-state index contributed by atoms with van der Waals surface area (Å²) >= 11 is 6.98. The summed E-state index contributed by atoms with van der Waals surface area (Å²) in [5.41, 5.74) is 0. The van der Waals surface area contributed by atoms with E-state index in [0.717, 1.165) is 0 Å². The van der Waals surface area contributed by atoms with Gasteiger partial charge < -0.3 is 9.84 Å². The van der Waals surface area contributed by atoms with E-state index in [-0.39, 0.29) is 8.72 Å². The molecule has 0 aliphatic carbocycles. The van der Waals surface area contributed by atoms with E-state index in [1.165, 1.54) is 6.07 Å². The minimum absolute atomic E-state index is 0.127. The summed E-state index contributed by atoms with van der Waals surface area (Å²) in [4.78, 5) is 3.19. The topological polar surface area (TPSA) is 42.4 Å². The third-order valence-corrected chi connectivity index (χ3v) is 2.11. The first-order valence-electron chi connectivity index (χ1n) is 3.10. The third kappa shape index (κ3) is 3.05. The Bertz CT molecular complexity index is 358. The molecule has 0 bridgehead atoms. The van der Waals surface area contributed by atoms with Gasteiger partial charge in [0.2, 0.25) is 0 Å². The number of aromatic nitrogens is 1. The van der Waals surface area contributed by atoms with Gasteiger partial charge in [-0.15, -0.1) is 13.2 Å². The largest absolute Gasteiger partial charge is 0.574 e. The fraction of sp³-hybridized carbons (Fsp3) is 0.167. The Morgan fingerprint density at radius 1 is 1.50 bits per heavy atom. The van der Waals surface area contributed by atoms with Crippen molar-refractivity contribution in [2.75, 3.05) is 0 Å². The summed E-state index contributed by atoms with van der Waals surface area (Å²) in [6, 6.07) is 1.21. The number of aromatic hydroxyl groups is 1. The maximum atomic E-state index is 11.8. The van der Waals surface area contributed by atoms with Crippen LogP contribution in [0, 0.1) is 3.57 Å². The number of ether oxygens (including phenoxy) is 1. The van der Waals surface area contributed by atoms with E-state index in [9.17, 15) is 13.2 Å². The van der Waals surface area contributed by atoms with Crippen LogP contribution in [0.3, 0.4) is 0 Å². The summed E-state index contributed by atoms with van der Waals surface area (Å²) in [5.74, 6) is -1.64. The molecule has 0 saturated carbocycles. The number of alkyl halides is 3. The molecule has 1 rings (SSSR count). The third-order valence-electron chi connectivity index (χ3n) is 1.10. The van der Waals surface area contributed by atoms with Crippen LogP contribution in [0.5, 0.6) is 11.6 Å². The zero-order valence-corrected chi connectivity index (χ0v) is 9.18. The smallest absolute Gasteiger partial charge is 0.502 e. The zero-order chi connectivity index (χ0) is 10.9. The molecule has 0 fully saturated rings. The van der Waals surface area contributed by atoms with Gasteiger partial charge in [0.25, 0.3) is 5.88 Å². The molecule has 8 heteroatoms. The highest BCUT2D eigenvalue weighted by atomic mass is 127. The second kappa shape index (κ2) is 3.97.